The maximum absolute atomic E-state index is 12.7. The van der Waals surface area contributed by atoms with Crippen LogP contribution in [0.4, 0.5) is 0 Å². The number of carboxylic acid groups (broad SMARTS) is 1. The van der Waals surface area contributed by atoms with Gasteiger partial charge in [0.25, 0.3) is 5.79 Å². The number of rotatable bonds is 18. The monoisotopic (exact) mass is 797 g/mol. The van der Waals surface area contributed by atoms with Crippen molar-refractivity contribution >= 4 is 11.9 Å². The second-order valence-corrected chi connectivity index (χ2v) is 13.1. The fourth-order valence-corrected chi connectivity index (χ4v) is 6.13. The summed E-state index contributed by atoms with van der Waals surface area (Å²) in [6.07, 6.45) is -37.7. The summed E-state index contributed by atoms with van der Waals surface area (Å²) in [5.41, 5.74) is 0. The first kappa shape index (κ1) is 46.5. The largest absolute Gasteiger partial charge is 0.477 e. The molecule has 0 unspecified atom stereocenters. The van der Waals surface area contributed by atoms with Gasteiger partial charge >= 0.3 is 5.97 Å². The highest BCUT2D eigenvalue weighted by Gasteiger charge is 2.58. The number of hydrogen-bond acceptors (Lipinski definition) is 23. The van der Waals surface area contributed by atoms with Crippen LogP contribution in [0.25, 0.3) is 0 Å². The molecule has 0 aromatic heterocycles. The van der Waals surface area contributed by atoms with Gasteiger partial charge in [-0.3, -0.25) is 4.79 Å². The molecule has 0 aromatic carbocycles. The molecule has 3 aliphatic rings. The molecule has 20 atom stereocenters. The molecule has 54 heavy (non-hydrogen) atoms. The van der Waals surface area contributed by atoms with Gasteiger partial charge in [-0.2, -0.15) is 0 Å². The zero-order chi connectivity index (χ0) is 40.8. The molecule has 1 amide bonds. The smallest absolute Gasteiger partial charge is 0.364 e. The molecular formula is C29H51NO24. The topological polar surface area (TPSA) is 425 Å². The van der Waals surface area contributed by atoms with Crippen LogP contribution in [0.15, 0.2) is 0 Å². The van der Waals surface area contributed by atoms with Crippen LogP contribution in [0, 0.1) is 0 Å². The minimum Gasteiger partial charge on any atom is -0.477 e. The van der Waals surface area contributed by atoms with Crippen LogP contribution in [-0.2, 0) is 38.0 Å². The van der Waals surface area contributed by atoms with Crippen molar-refractivity contribution in [3.63, 3.8) is 0 Å². The Hall–Kier alpha value is -1.90. The molecule has 0 aromatic rings. The molecule has 316 valence electrons. The number of amides is 1. The third kappa shape index (κ3) is 10.3. The molecule has 3 saturated heterocycles. The lowest BCUT2D eigenvalue weighted by Gasteiger charge is -2.48. The minimum atomic E-state index is -2.99. The Morgan fingerprint density at radius 3 is 1.91 bits per heavy atom. The number of aliphatic carboxylic acids is 1. The van der Waals surface area contributed by atoms with E-state index in [-0.39, 0.29) is 0 Å². The quantitative estimate of drug-likeness (QED) is 0.0612. The van der Waals surface area contributed by atoms with E-state index < -0.39 is 173 Å². The van der Waals surface area contributed by atoms with Crippen LogP contribution in [0.5, 0.6) is 0 Å². The maximum Gasteiger partial charge on any atom is 0.364 e. The fraction of sp³-hybridized carbons (Fsp3) is 0.931. The Balaban J connectivity index is 2.00. The van der Waals surface area contributed by atoms with Crippen molar-refractivity contribution in [1.29, 1.82) is 0 Å². The van der Waals surface area contributed by atoms with Crippen molar-refractivity contribution in [3.05, 3.63) is 0 Å². The Labute approximate surface area is 305 Å². The maximum atomic E-state index is 12.7. The molecule has 0 radical (unpaired) electrons. The second-order valence-electron chi connectivity index (χ2n) is 13.1. The van der Waals surface area contributed by atoms with Gasteiger partial charge in [0.1, 0.15) is 91.6 Å². The van der Waals surface area contributed by atoms with Gasteiger partial charge in [-0.15, -0.1) is 0 Å². The van der Waals surface area contributed by atoms with Gasteiger partial charge in [0.05, 0.1) is 45.2 Å². The van der Waals surface area contributed by atoms with E-state index in [1.54, 1.807) is 0 Å². The first-order chi connectivity index (χ1) is 25.3. The van der Waals surface area contributed by atoms with Crippen LogP contribution in [0.3, 0.4) is 0 Å². The van der Waals surface area contributed by atoms with Gasteiger partial charge in [-0.1, -0.05) is 0 Å². The van der Waals surface area contributed by atoms with E-state index in [0.29, 0.717) is 0 Å². The molecule has 3 aliphatic heterocycles. The Morgan fingerprint density at radius 1 is 0.778 bits per heavy atom. The molecule has 0 saturated carbocycles. The normalized spacial score (nSPS) is 40.9. The van der Waals surface area contributed by atoms with E-state index in [1.165, 1.54) is 0 Å². The Bertz CT molecular complexity index is 1190. The van der Waals surface area contributed by atoms with Crippen molar-refractivity contribution in [1.82, 2.24) is 5.32 Å². The second kappa shape index (κ2) is 20.0. The highest BCUT2D eigenvalue weighted by molar-refractivity contribution is 5.76. The van der Waals surface area contributed by atoms with Gasteiger partial charge in [0.2, 0.25) is 5.91 Å². The number of nitrogens with one attached hydrogen (secondary N) is 1. The van der Waals surface area contributed by atoms with Crippen molar-refractivity contribution in [2.24, 2.45) is 0 Å². The van der Waals surface area contributed by atoms with Gasteiger partial charge in [0.15, 0.2) is 12.6 Å². The van der Waals surface area contributed by atoms with Gasteiger partial charge < -0.3 is 115 Å². The van der Waals surface area contributed by atoms with Crippen LogP contribution >= 0.6 is 0 Å². The highest BCUT2D eigenvalue weighted by Crippen LogP contribution is 2.36. The molecule has 17 N–H and O–H groups in total. The summed E-state index contributed by atoms with van der Waals surface area (Å²) in [5, 5.41) is 166. The minimum absolute atomic E-state index is 0.780. The highest BCUT2D eigenvalue weighted by atomic mass is 16.8. The molecule has 25 nitrogen and oxygen atoms in total. The number of carboxylic acids is 1. The average Bonchev–Trinajstić information content (AvgIpc) is 3.14. The van der Waals surface area contributed by atoms with Crippen molar-refractivity contribution in [2.45, 2.75) is 135 Å². The molecule has 3 fully saturated rings. The zero-order valence-electron chi connectivity index (χ0n) is 28.6. The predicted molar refractivity (Wildman–Crippen MR) is 165 cm³/mol. The summed E-state index contributed by atoms with van der Waals surface area (Å²) >= 11 is 0. The number of aliphatic hydroxyl groups excluding tert-OH is 15. The molecule has 0 aliphatic carbocycles. The van der Waals surface area contributed by atoms with Crippen molar-refractivity contribution in [3.8, 4) is 0 Å². The molecule has 3 heterocycles. The lowest BCUT2D eigenvalue weighted by molar-refractivity contribution is -0.376. The standard InChI is InChI=1S/C29H51NO24/c1-8(35)30-15-9(36)2-29(28(47)48,54-24(15)17(41)11(38)4-32)49-7-14-19(43)25(53-26-21(45)20(44)18(42)13(6-34)50-26)22(46)27(51-14)52-23(12(39)5-33)16(40)10(37)3-31/h9-27,31-34,36-46H,2-7H2,1H3,(H,30,35)(H,47,48)/t9-,10-,11+,12+,13+,14+,15+,16+,17+,18-,19-,20-,21+,22+,23+,24+,25-,26+,27-,29+/m0/s1. The van der Waals surface area contributed by atoms with Crippen LogP contribution in [0.2, 0.25) is 0 Å². The van der Waals surface area contributed by atoms with Crippen molar-refractivity contribution in [2.75, 3.05) is 33.0 Å². The summed E-state index contributed by atoms with van der Waals surface area (Å²) in [5.74, 6) is -5.75. The molecule has 0 bridgehead atoms. The first-order valence-corrected chi connectivity index (χ1v) is 16.6. The summed E-state index contributed by atoms with van der Waals surface area (Å²) in [7, 11) is 0. The molecule has 0 spiro atoms. The van der Waals surface area contributed by atoms with E-state index in [1.807, 2.05) is 0 Å². The third-order valence-corrected chi connectivity index (χ3v) is 9.22. The van der Waals surface area contributed by atoms with Crippen molar-refractivity contribution < 1.29 is 120 Å². The van der Waals surface area contributed by atoms with Crippen LogP contribution in [-0.4, -0.2) is 249 Å². The Morgan fingerprint density at radius 2 is 1.37 bits per heavy atom. The summed E-state index contributed by atoms with van der Waals surface area (Å²) in [6, 6.07) is -1.58. The number of hydrogen-bond donors (Lipinski definition) is 17. The molecular weight excluding hydrogens is 746 g/mol. The number of ether oxygens (including phenoxy) is 6. The van der Waals surface area contributed by atoms with Crippen LogP contribution in [0.1, 0.15) is 13.3 Å². The van der Waals surface area contributed by atoms with E-state index >= 15 is 0 Å². The summed E-state index contributed by atoms with van der Waals surface area (Å²) in [4.78, 5) is 24.5. The summed E-state index contributed by atoms with van der Waals surface area (Å²) < 4.78 is 32.9. The summed E-state index contributed by atoms with van der Waals surface area (Å²) in [6.45, 7) is -4.37. The number of aliphatic hydroxyl groups is 15. The van der Waals surface area contributed by atoms with Crippen LogP contribution < -0.4 is 5.32 Å². The fourth-order valence-electron chi connectivity index (χ4n) is 6.13. The zero-order valence-corrected chi connectivity index (χ0v) is 28.6. The number of carbonyl (C=O) groups is 2. The third-order valence-electron chi connectivity index (χ3n) is 9.22. The van der Waals surface area contributed by atoms with E-state index in [2.05, 4.69) is 5.32 Å². The lowest BCUT2D eigenvalue weighted by atomic mass is 9.88. The van der Waals surface area contributed by atoms with E-state index in [9.17, 15) is 91.3 Å². The van der Waals surface area contributed by atoms with Gasteiger partial charge in [-0.25, -0.2) is 4.79 Å². The van der Waals surface area contributed by atoms with Gasteiger partial charge in [-0.05, 0) is 0 Å². The SMILES string of the molecule is CC(=O)N[C@H]1[C@H]([C@H](O)[C@H](O)CO)O[C@@](OC[C@H]2O[C@@H](O[C@@H]([C@H](O)[C@@H](O)CO)[C@H](O)CO)[C@H](O)[C@@H](O[C@H]3O[C@H](CO)[C@H](O)[C@H](O)[C@H]3O)[C@H]2O)(C(=O)O)C[C@@H]1O. The van der Waals surface area contributed by atoms with E-state index in [0.717, 1.165) is 6.92 Å². The average molecular weight is 798 g/mol. The lowest BCUT2D eigenvalue weighted by Crippen LogP contribution is -2.69. The Kier molecular flexibility index (Phi) is 17.2. The van der Waals surface area contributed by atoms with Gasteiger partial charge in [0, 0.05) is 13.3 Å². The molecule has 25 heteroatoms. The molecule has 3 rings (SSSR count). The number of carbonyl (C=O) groups excluding carboxylic acids is 1. The predicted octanol–water partition coefficient (Wildman–Crippen LogP) is -10.8. The van der Waals surface area contributed by atoms with E-state index in [4.69, 9.17) is 28.4 Å². The first-order valence-electron chi connectivity index (χ1n) is 16.6.